The van der Waals surface area contributed by atoms with Crippen LogP contribution in [0.5, 0.6) is 5.75 Å². The Balaban J connectivity index is 1.47. The minimum atomic E-state index is -0.546. The van der Waals surface area contributed by atoms with E-state index in [-0.39, 0.29) is 35.5 Å². The van der Waals surface area contributed by atoms with Crippen molar-refractivity contribution >= 4 is 11.9 Å². The molecular formula is C37H44O5. The molecule has 2 aliphatic rings. The van der Waals surface area contributed by atoms with E-state index in [1.54, 1.807) is 0 Å². The topological polar surface area (TPSA) is 61.8 Å². The zero-order valence-electron chi connectivity index (χ0n) is 25.7. The molecule has 1 fully saturated rings. The summed E-state index contributed by atoms with van der Waals surface area (Å²) in [4.78, 5) is 24.2. The van der Waals surface area contributed by atoms with Crippen LogP contribution in [0.3, 0.4) is 0 Å². The number of allylic oxidation sites excluding steroid dienone is 3. The molecule has 0 N–H and O–H groups in total. The number of rotatable bonds is 9. The van der Waals surface area contributed by atoms with Crippen molar-refractivity contribution in [2.45, 2.75) is 96.7 Å². The summed E-state index contributed by atoms with van der Waals surface area (Å²) in [5.74, 6) is 6.63. The Kier molecular flexibility index (Phi) is 9.99. The molecule has 2 atom stereocenters. The number of fused-ring (bicyclic) bond motifs is 1. The lowest BCUT2D eigenvalue weighted by Gasteiger charge is -2.44. The highest BCUT2D eigenvalue weighted by molar-refractivity contribution is 5.71. The van der Waals surface area contributed by atoms with Crippen molar-refractivity contribution in [1.82, 2.24) is 0 Å². The Bertz CT molecular complexity index is 1360. The number of aryl methyl sites for hydroxylation is 1. The number of carbonyl (C=O) groups excluding carboxylic acids is 2. The second-order valence-electron chi connectivity index (χ2n) is 12.8. The molecule has 5 heteroatoms. The van der Waals surface area contributed by atoms with Gasteiger partial charge in [-0.25, -0.2) is 4.79 Å². The molecule has 0 amide bonds. The van der Waals surface area contributed by atoms with Crippen LogP contribution in [0.4, 0.5) is 0 Å². The molecular weight excluding hydrogens is 524 g/mol. The fraction of sp³-hybridized carbons (Fsp3) is 0.459. The van der Waals surface area contributed by atoms with E-state index < -0.39 is 5.60 Å². The van der Waals surface area contributed by atoms with Crippen molar-refractivity contribution in [2.24, 2.45) is 5.41 Å². The largest absolute Gasteiger partial charge is 0.482 e. The minimum Gasteiger partial charge on any atom is -0.482 e. The molecule has 2 aliphatic carbocycles. The summed E-state index contributed by atoms with van der Waals surface area (Å²) in [6.45, 7) is 9.12. The van der Waals surface area contributed by atoms with Crippen molar-refractivity contribution in [2.75, 3.05) is 6.61 Å². The third-order valence-corrected chi connectivity index (χ3v) is 8.17. The lowest BCUT2D eigenvalue weighted by atomic mass is 9.63. The Morgan fingerprint density at radius 3 is 2.45 bits per heavy atom. The molecule has 1 saturated carbocycles. The second-order valence-corrected chi connectivity index (χ2v) is 12.8. The van der Waals surface area contributed by atoms with Gasteiger partial charge in [-0.05, 0) is 94.3 Å². The van der Waals surface area contributed by atoms with Gasteiger partial charge in [-0.1, -0.05) is 67.7 Å². The quantitative estimate of drug-likeness (QED) is 0.177. The van der Waals surface area contributed by atoms with Crippen molar-refractivity contribution in [3.8, 4) is 17.6 Å². The first-order valence-corrected chi connectivity index (χ1v) is 15.0. The van der Waals surface area contributed by atoms with Crippen molar-refractivity contribution in [1.29, 1.82) is 0 Å². The zero-order valence-corrected chi connectivity index (χ0v) is 25.7. The molecule has 0 aliphatic heterocycles. The van der Waals surface area contributed by atoms with Crippen molar-refractivity contribution in [3.63, 3.8) is 0 Å². The van der Waals surface area contributed by atoms with E-state index in [1.165, 1.54) is 18.1 Å². The second kappa shape index (κ2) is 13.5. The van der Waals surface area contributed by atoms with Crippen LogP contribution in [0, 0.1) is 17.3 Å². The van der Waals surface area contributed by atoms with Gasteiger partial charge in [-0.15, -0.1) is 0 Å². The maximum absolute atomic E-state index is 12.2. The molecule has 0 radical (unpaired) electrons. The van der Waals surface area contributed by atoms with Gasteiger partial charge in [0.15, 0.2) is 6.61 Å². The predicted octanol–water partition coefficient (Wildman–Crippen LogP) is 7.66. The number of carbonyl (C=O) groups is 2. The summed E-state index contributed by atoms with van der Waals surface area (Å²) in [7, 11) is 0. The zero-order chi connectivity index (χ0) is 30.2. The molecule has 5 nitrogen and oxygen atoms in total. The highest BCUT2D eigenvalue weighted by atomic mass is 16.6. The molecule has 0 heterocycles. The Morgan fingerprint density at radius 1 is 1.02 bits per heavy atom. The lowest BCUT2D eigenvalue weighted by molar-refractivity contribution is -0.157. The van der Waals surface area contributed by atoms with Gasteiger partial charge in [0, 0.05) is 29.7 Å². The van der Waals surface area contributed by atoms with Gasteiger partial charge < -0.3 is 14.2 Å². The van der Waals surface area contributed by atoms with Crippen molar-refractivity contribution < 1.29 is 23.8 Å². The Morgan fingerprint density at radius 2 is 1.79 bits per heavy atom. The van der Waals surface area contributed by atoms with Crippen LogP contribution in [-0.2, 0) is 30.9 Å². The standard InChI is InChI=1S/C37H44O5/c1-28(38)41-33(37(24-13-25-37)23-11-16-29-14-7-6-8-15-29)18-9-10-21-36(5)22-12-17-30-19-20-31(26-32(30)36)40-27-34(39)42-35(2,3)4/h6-10,14-15,18-21,26,33H,12-13,17,22-25,27H2,1-5H3/b18-9+,21-10+. The van der Waals surface area contributed by atoms with Gasteiger partial charge in [0.25, 0.3) is 0 Å². The number of hydrogen-bond donors (Lipinski definition) is 0. The summed E-state index contributed by atoms with van der Waals surface area (Å²) in [5.41, 5.74) is 2.62. The highest BCUT2D eigenvalue weighted by Gasteiger charge is 2.44. The van der Waals surface area contributed by atoms with Crippen LogP contribution in [0.2, 0.25) is 0 Å². The average molecular weight is 569 g/mol. The van der Waals surface area contributed by atoms with Gasteiger partial charge in [0.2, 0.25) is 0 Å². The van der Waals surface area contributed by atoms with Gasteiger partial charge in [0.05, 0.1) is 0 Å². The van der Waals surface area contributed by atoms with E-state index >= 15 is 0 Å². The third-order valence-electron chi connectivity index (χ3n) is 8.17. The lowest BCUT2D eigenvalue weighted by Crippen LogP contribution is -2.42. The summed E-state index contributed by atoms with van der Waals surface area (Å²) >= 11 is 0. The normalized spacial score (nSPS) is 20.1. The molecule has 0 aromatic heterocycles. The van der Waals surface area contributed by atoms with E-state index in [0.717, 1.165) is 44.1 Å². The van der Waals surface area contributed by atoms with E-state index in [9.17, 15) is 9.59 Å². The monoisotopic (exact) mass is 568 g/mol. The summed E-state index contributed by atoms with van der Waals surface area (Å²) in [6, 6.07) is 16.1. The van der Waals surface area contributed by atoms with E-state index in [1.807, 2.05) is 69.3 Å². The molecule has 42 heavy (non-hydrogen) atoms. The van der Waals surface area contributed by atoms with Gasteiger partial charge in [0.1, 0.15) is 17.5 Å². The van der Waals surface area contributed by atoms with Gasteiger partial charge in [-0.2, -0.15) is 0 Å². The first-order valence-electron chi connectivity index (χ1n) is 15.0. The van der Waals surface area contributed by atoms with Crippen molar-refractivity contribution in [3.05, 3.63) is 89.5 Å². The SMILES string of the molecule is CC(=O)OC(/C=C/C=C/C1(C)CCCc2ccc(OCC(=O)OC(C)(C)C)cc21)C1(CC#Cc2ccccc2)CCC1. The highest BCUT2D eigenvalue weighted by Crippen LogP contribution is 2.48. The molecule has 4 rings (SSSR count). The van der Waals surface area contributed by atoms with E-state index in [4.69, 9.17) is 14.2 Å². The predicted molar refractivity (Wildman–Crippen MR) is 166 cm³/mol. The molecule has 0 saturated heterocycles. The van der Waals surface area contributed by atoms with Crippen LogP contribution >= 0.6 is 0 Å². The number of benzene rings is 2. The molecule has 0 spiro atoms. The smallest absolute Gasteiger partial charge is 0.344 e. The fourth-order valence-electron chi connectivity index (χ4n) is 5.88. The maximum Gasteiger partial charge on any atom is 0.344 e. The first kappa shape index (κ1) is 31.2. The third kappa shape index (κ3) is 8.38. The van der Waals surface area contributed by atoms with Crippen LogP contribution in [-0.4, -0.2) is 30.3 Å². The van der Waals surface area contributed by atoms with Gasteiger partial charge >= 0.3 is 11.9 Å². The number of ether oxygens (including phenoxy) is 3. The summed E-state index contributed by atoms with van der Waals surface area (Å²) in [6.07, 6.45) is 14.9. The minimum absolute atomic E-state index is 0.125. The molecule has 222 valence electrons. The Labute approximate surface area is 251 Å². The maximum atomic E-state index is 12.2. The first-order chi connectivity index (χ1) is 20.0. The van der Waals surface area contributed by atoms with Crippen LogP contribution in [0.15, 0.2) is 72.8 Å². The number of esters is 2. The fourth-order valence-corrected chi connectivity index (χ4v) is 5.88. The van der Waals surface area contributed by atoms with E-state index in [0.29, 0.717) is 12.2 Å². The van der Waals surface area contributed by atoms with Crippen LogP contribution in [0.25, 0.3) is 0 Å². The van der Waals surface area contributed by atoms with Gasteiger partial charge in [-0.3, -0.25) is 4.79 Å². The Hall–Kier alpha value is -3.78. The molecule has 2 unspecified atom stereocenters. The molecule has 2 aromatic rings. The van der Waals surface area contributed by atoms with Crippen LogP contribution < -0.4 is 4.74 Å². The molecule has 2 aromatic carbocycles. The summed E-state index contributed by atoms with van der Waals surface area (Å²) < 4.78 is 17.0. The van der Waals surface area contributed by atoms with E-state index in [2.05, 4.69) is 43.0 Å². The average Bonchev–Trinajstić information content (AvgIpc) is 2.91. The van der Waals surface area contributed by atoms with Crippen LogP contribution in [0.1, 0.15) is 89.8 Å². The number of hydrogen-bond acceptors (Lipinski definition) is 5. The molecule has 0 bridgehead atoms. The summed E-state index contributed by atoms with van der Waals surface area (Å²) in [5, 5.41) is 0.